The van der Waals surface area contributed by atoms with Gasteiger partial charge in [-0.05, 0) is 12.5 Å². The molecule has 0 aliphatic carbocycles. The second-order valence-electron chi connectivity index (χ2n) is 4.51. The van der Waals surface area contributed by atoms with Gasteiger partial charge in [-0.2, -0.15) is 0 Å². The van der Waals surface area contributed by atoms with Crippen molar-refractivity contribution in [2.24, 2.45) is 0 Å². The number of non-ortho nitro benzene ring substituents is 1. The second kappa shape index (κ2) is 6.91. The highest BCUT2D eigenvalue weighted by atomic mass is 16.6. The number of hydrogen-bond donors (Lipinski definition) is 2. The van der Waals surface area contributed by atoms with Crippen LogP contribution in [0, 0.1) is 10.1 Å². The largest absolute Gasteiger partial charge is 0.391 e. The number of nitrogens with one attached hydrogen (secondary N) is 1. The van der Waals surface area contributed by atoms with Crippen molar-refractivity contribution in [1.82, 2.24) is 9.97 Å². The number of benzene rings is 1. The molecule has 0 bridgehead atoms. The topological polar surface area (TPSA) is 110 Å². The Hall–Kier alpha value is -2.32. The summed E-state index contributed by atoms with van der Waals surface area (Å²) in [6.07, 6.45) is 1.31. The summed E-state index contributed by atoms with van der Waals surface area (Å²) >= 11 is 0. The van der Waals surface area contributed by atoms with Crippen LogP contribution in [0.25, 0.3) is 10.9 Å². The molecule has 1 aromatic carbocycles. The summed E-state index contributed by atoms with van der Waals surface area (Å²) in [6.45, 7) is 0.733. The Balaban J connectivity index is 2.15. The van der Waals surface area contributed by atoms with Gasteiger partial charge in [0, 0.05) is 31.2 Å². The zero-order chi connectivity index (χ0) is 15.2. The third kappa shape index (κ3) is 3.83. The first-order valence-corrected chi connectivity index (χ1v) is 6.42. The number of anilines is 1. The van der Waals surface area contributed by atoms with Gasteiger partial charge >= 0.3 is 0 Å². The average molecular weight is 292 g/mol. The van der Waals surface area contributed by atoms with Crippen molar-refractivity contribution >= 4 is 22.4 Å². The Kier molecular flexibility index (Phi) is 4.96. The minimum Gasteiger partial charge on any atom is -0.391 e. The molecule has 8 nitrogen and oxygen atoms in total. The van der Waals surface area contributed by atoms with Crippen molar-refractivity contribution in [3.8, 4) is 0 Å². The summed E-state index contributed by atoms with van der Waals surface area (Å²) in [4.78, 5) is 18.5. The van der Waals surface area contributed by atoms with E-state index < -0.39 is 11.0 Å². The molecular formula is C13H16N4O4. The molecule has 0 aliphatic heterocycles. The van der Waals surface area contributed by atoms with Crippen molar-refractivity contribution in [2.75, 3.05) is 25.6 Å². The fourth-order valence-corrected chi connectivity index (χ4v) is 1.93. The molecule has 0 fully saturated rings. The molecule has 0 aliphatic rings. The minimum absolute atomic E-state index is 0.0141. The van der Waals surface area contributed by atoms with E-state index in [2.05, 4.69) is 15.3 Å². The summed E-state index contributed by atoms with van der Waals surface area (Å²) in [7, 11) is 1.52. The quantitative estimate of drug-likeness (QED) is 0.585. The molecule has 8 heteroatoms. The molecule has 2 aromatic rings. The van der Waals surface area contributed by atoms with Crippen LogP contribution in [0.3, 0.4) is 0 Å². The van der Waals surface area contributed by atoms with Gasteiger partial charge in [0.15, 0.2) is 0 Å². The highest BCUT2D eigenvalue weighted by Gasteiger charge is 2.11. The predicted molar refractivity (Wildman–Crippen MR) is 77.2 cm³/mol. The highest BCUT2D eigenvalue weighted by molar-refractivity contribution is 5.90. The Labute approximate surface area is 120 Å². The van der Waals surface area contributed by atoms with Gasteiger partial charge in [-0.25, -0.2) is 9.97 Å². The third-order valence-electron chi connectivity index (χ3n) is 2.96. The van der Waals surface area contributed by atoms with Gasteiger partial charge in [0.25, 0.3) is 5.69 Å². The lowest BCUT2D eigenvalue weighted by Gasteiger charge is -2.11. The molecule has 0 spiro atoms. The summed E-state index contributed by atoms with van der Waals surface area (Å²) in [5.41, 5.74) is 0.607. The fourth-order valence-electron chi connectivity index (χ4n) is 1.93. The Bertz CT molecular complexity index is 635. The first-order chi connectivity index (χ1) is 10.1. The van der Waals surface area contributed by atoms with Crippen molar-refractivity contribution in [1.29, 1.82) is 0 Å². The monoisotopic (exact) mass is 292 g/mol. The molecule has 1 aromatic heterocycles. The average Bonchev–Trinajstić information content (AvgIpc) is 2.47. The van der Waals surface area contributed by atoms with Gasteiger partial charge in [0.05, 0.1) is 23.2 Å². The van der Waals surface area contributed by atoms with Crippen LogP contribution in [-0.2, 0) is 4.74 Å². The summed E-state index contributed by atoms with van der Waals surface area (Å²) < 4.78 is 4.84. The lowest BCUT2D eigenvalue weighted by atomic mass is 10.2. The zero-order valence-electron chi connectivity index (χ0n) is 11.5. The van der Waals surface area contributed by atoms with Crippen LogP contribution < -0.4 is 5.32 Å². The molecule has 0 saturated heterocycles. The summed E-state index contributed by atoms with van der Waals surface area (Å²) in [6, 6.07) is 4.42. The van der Waals surface area contributed by atoms with Crippen LogP contribution in [0.15, 0.2) is 24.5 Å². The summed E-state index contributed by atoms with van der Waals surface area (Å²) in [5.74, 6) is 0.508. The minimum atomic E-state index is -0.565. The van der Waals surface area contributed by atoms with Crippen molar-refractivity contribution < 1.29 is 14.8 Å². The van der Waals surface area contributed by atoms with E-state index in [0.29, 0.717) is 29.7 Å². The van der Waals surface area contributed by atoms with Crippen LogP contribution in [0.2, 0.25) is 0 Å². The standard InChI is InChI=1S/C13H16N4O4/c1-21-7-10(18)4-5-14-13-11-6-9(17(19)20)2-3-12(11)15-8-16-13/h2-3,6,8,10,18H,4-5,7H2,1H3,(H,14,15,16). The van der Waals surface area contributed by atoms with Gasteiger partial charge < -0.3 is 15.2 Å². The van der Waals surface area contributed by atoms with E-state index in [0.717, 1.165) is 0 Å². The van der Waals surface area contributed by atoms with Crippen LogP contribution in [-0.4, -0.2) is 46.4 Å². The number of hydrogen-bond acceptors (Lipinski definition) is 7. The number of methoxy groups -OCH3 is 1. The van der Waals surface area contributed by atoms with Crippen LogP contribution in [0.5, 0.6) is 0 Å². The number of aliphatic hydroxyl groups excluding tert-OH is 1. The number of aromatic nitrogens is 2. The van der Waals surface area contributed by atoms with Crippen molar-refractivity contribution in [3.63, 3.8) is 0 Å². The first kappa shape index (κ1) is 15.1. The van der Waals surface area contributed by atoms with Crippen molar-refractivity contribution in [2.45, 2.75) is 12.5 Å². The maximum atomic E-state index is 10.8. The van der Waals surface area contributed by atoms with E-state index in [4.69, 9.17) is 4.74 Å². The lowest BCUT2D eigenvalue weighted by Crippen LogP contribution is -2.18. The van der Waals surface area contributed by atoms with Gasteiger partial charge in [-0.3, -0.25) is 10.1 Å². The SMILES string of the molecule is COCC(O)CCNc1ncnc2ccc([N+](=O)[O-])cc12. The molecule has 2 rings (SSSR count). The number of fused-ring (bicyclic) bond motifs is 1. The number of aliphatic hydroxyl groups is 1. The molecule has 2 N–H and O–H groups in total. The second-order valence-corrected chi connectivity index (χ2v) is 4.51. The maximum Gasteiger partial charge on any atom is 0.270 e. The number of nitrogens with zero attached hydrogens (tertiary/aromatic N) is 3. The lowest BCUT2D eigenvalue weighted by molar-refractivity contribution is -0.384. The first-order valence-electron chi connectivity index (χ1n) is 6.42. The molecular weight excluding hydrogens is 276 g/mol. The van der Waals surface area contributed by atoms with Gasteiger partial charge in [-0.15, -0.1) is 0 Å². The molecule has 1 heterocycles. The molecule has 1 unspecified atom stereocenters. The number of nitro groups is 1. The van der Waals surface area contributed by atoms with Crippen molar-refractivity contribution in [3.05, 3.63) is 34.6 Å². The van der Waals surface area contributed by atoms with Crippen LogP contribution in [0.1, 0.15) is 6.42 Å². The van der Waals surface area contributed by atoms with Crippen LogP contribution >= 0.6 is 0 Å². The Morgan fingerprint density at radius 2 is 2.29 bits per heavy atom. The molecule has 112 valence electrons. The number of nitro benzene ring substituents is 1. The number of rotatable bonds is 7. The fraction of sp³-hybridized carbons (Fsp3) is 0.385. The molecule has 0 saturated carbocycles. The molecule has 0 radical (unpaired) electrons. The maximum absolute atomic E-state index is 10.8. The number of ether oxygens (including phenoxy) is 1. The Morgan fingerprint density at radius 3 is 3.00 bits per heavy atom. The van der Waals surface area contributed by atoms with Gasteiger partial charge in [0.1, 0.15) is 12.1 Å². The highest BCUT2D eigenvalue weighted by Crippen LogP contribution is 2.24. The van der Waals surface area contributed by atoms with E-state index in [1.165, 1.54) is 25.6 Å². The Morgan fingerprint density at radius 1 is 1.48 bits per heavy atom. The smallest absolute Gasteiger partial charge is 0.270 e. The van der Waals surface area contributed by atoms with E-state index in [1.807, 2.05) is 0 Å². The van der Waals surface area contributed by atoms with E-state index in [-0.39, 0.29) is 12.3 Å². The van der Waals surface area contributed by atoms with Gasteiger partial charge in [-0.1, -0.05) is 0 Å². The van der Waals surface area contributed by atoms with E-state index >= 15 is 0 Å². The third-order valence-corrected chi connectivity index (χ3v) is 2.96. The van der Waals surface area contributed by atoms with Crippen LogP contribution in [0.4, 0.5) is 11.5 Å². The van der Waals surface area contributed by atoms with E-state index in [9.17, 15) is 15.2 Å². The zero-order valence-corrected chi connectivity index (χ0v) is 11.5. The van der Waals surface area contributed by atoms with Gasteiger partial charge in [0.2, 0.25) is 0 Å². The summed E-state index contributed by atoms with van der Waals surface area (Å²) in [5, 5.41) is 24.0. The molecule has 0 amide bonds. The van der Waals surface area contributed by atoms with E-state index in [1.54, 1.807) is 6.07 Å². The molecule has 21 heavy (non-hydrogen) atoms. The molecule has 1 atom stereocenters. The predicted octanol–water partition coefficient (Wildman–Crippen LogP) is 1.35. The normalized spacial score (nSPS) is 12.3.